The second-order valence-corrected chi connectivity index (χ2v) is 10.8. The highest BCUT2D eigenvalue weighted by Crippen LogP contribution is 2.35. The monoisotopic (exact) mass is 575 g/mol. The smallest absolute Gasteiger partial charge is 0.298 e. The lowest BCUT2D eigenvalue weighted by atomic mass is 9.98. The van der Waals surface area contributed by atoms with Gasteiger partial charge in [0.25, 0.3) is 0 Å². The van der Waals surface area contributed by atoms with Crippen LogP contribution in [0.5, 0.6) is 0 Å². The summed E-state index contributed by atoms with van der Waals surface area (Å²) in [6, 6.07) is 2.97. The second kappa shape index (κ2) is 10.6. The lowest BCUT2D eigenvalue weighted by Gasteiger charge is -2.26. The Balaban J connectivity index is 1.56. The van der Waals surface area contributed by atoms with Gasteiger partial charge in [-0.05, 0) is 60.9 Å². The van der Waals surface area contributed by atoms with Crippen molar-refractivity contribution in [2.75, 3.05) is 0 Å². The minimum absolute atomic E-state index is 0.0454. The molecule has 4 rings (SSSR count). The summed E-state index contributed by atoms with van der Waals surface area (Å²) >= 11 is 0. The molecule has 0 unspecified atom stereocenters. The number of carbonyl (C=O) groups is 1. The Labute approximate surface area is 218 Å². The topological polar surface area (TPSA) is 80.2 Å². The Morgan fingerprint density at radius 2 is 1.64 bits per heavy atom. The lowest BCUT2D eigenvalue weighted by Crippen LogP contribution is -2.44. The number of alkyl halides is 4. The van der Waals surface area contributed by atoms with E-state index >= 15 is 0 Å². The number of nitrogens with zero attached hydrogens (tertiary/aromatic N) is 3. The molecule has 1 aliphatic heterocycles. The molecule has 0 radical (unpaired) electrons. The zero-order valence-corrected chi connectivity index (χ0v) is 20.9. The predicted octanol–water partition coefficient (Wildman–Crippen LogP) is 5.27. The van der Waals surface area contributed by atoms with Gasteiger partial charge in [0.15, 0.2) is 17.4 Å². The third-order valence-electron chi connectivity index (χ3n) is 6.42. The van der Waals surface area contributed by atoms with Gasteiger partial charge in [0.05, 0.1) is 17.0 Å². The van der Waals surface area contributed by atoms with Crippen molar-refractivity contribution in [3.05, 3.63) is 77.6 Å². The summed E-state index contributed by atoms with van der Waals surface area (Å²) in [5, 5.41) is 0. The Morgan fingerprint density at radius 1 is 1.03 bits per heavy atom. The van der Waals surface area contributed by atoms with Gasteiger partial charge in [-0.15, -0.1) is 0 Å². The number of hydrogen-bond donors (Lipinski definition) is 0. The third-order valence-corrected chi connectivity index (χ3v) is 8.43. The van der Waals surface area contributed by atoms with Gasteiger partial charge in [-0.2, -0.15) is 17.5 Å². The number of Topliss-reactive ketones (excluding diaryl/α,β-unsaturated/α-hetero) is 1. The van der Waals surface area contributed by atoms with E-state index in [-0.39, 0.29) is 21.6 Å². The highest BCUT2D eigenvalue weighted by molar-refractivity contribution is 7.89. The fraction of sp³-hybridized carbons (Fsp3) is 0.320. The standard InChI is InChI=1S/C25H20F7N3O3S/c1-13-19(27)10-21(35(13)39(37,38)18-5-3-17(26)4-6-18)22(36)7-2-14-8-15(9-20(28)23(14)29)16-11-33-24(34-12-16)25(30,31)32/h3-6,8-9,11-13,19,21H,2,7,10H2,1H3/t13-,19+,21-/m0/s1. The molecule has 1 aromatic heterocycles. The van der Waals surface area contributed by atoms with Crippen LogP contribution in [0, 0.1) is 17.5 Å². The van der Waals surface area contributed by atoms with Crippen LogP contribution in [0.4, 0.5) is 30.7 Å². The van der Waals surface area contributed by atoms with Crippen molar-refractivity contribution in [1.82, 2.24) is 14.3 Å². The Hall–Kier alpha value is -3.39. The molecule has 3 atom stereocenters. The summed E-state index contributed by atoms with van der Waals surface area (Å²) in [6.45, 7) is 1.28. The van der Waals surface area contributed by atoms with E-state index in [0.29, 0.717) is 4.31 Å². The normalized spacial score (nSPS) is 20.4. The molecule has 3 aromatic rings. The maximum atomic E-state index is 14.6. The zero-order chi connectivity index (χ0) is 28.7. The molecule has 6 nitrogen and oxygen atoms in total. The van der Waals surface area contributed by atoms with Crippen molar-refractivity contribution in [3.8, 4) is 11.1 Å². The van der Waals surface area contributed by atoms with E-state index in [4.69, 9.17) is 0 Å². The summed E-state index contributed by atoms with van der Waals surface area (Å²) in [4.78, 5) is 19.1. The van der Waals surface area contributed by atoms with Crippen molar-refractivity contribution in [3.63, 3.8) is 0 Å². The van der Waals surface area contributed by atoms with E-state index in [1.165, 1.54) is 6.92 Å². The summed E-state index contributed by atoms with van der Waals surface area (Å²) < 4.78 is 122. The summed E-state index contributed by atoms with van der Waals surface area (Å²) in [6.07, 6.45) is -6.28. The van der Waals surface area contributed by atoms with Gasteiger partial charge >= 0.3 is 6.18 Å². The number of hydrogen-bond acceptors (Lipinski definition) is 5. The van der Waals surface area contributed by atoms with Gasteiger partial charge in [0.1, 0.15) is 12.0 Å². The number of aryl methyl sites for hydroxylation is 1. The highest BCUT2D eigenvalue weighted by Gasteiger charge is 2.48. The number of ketones is 1. The molecule has 1 fully saturated rings. The van der Waals surface area contributed by atoms with Crippen LogP contribution >= 0.6 is 0 Å². The lowest BCUT2D eigenvalue weighted by molar-refractivity contribution is -0.145. The van der Waals surface area contributed by atoms with Gasteiger partial charge in [-0.1, -0.05) is 0 Å². The molecule has 0 bridgehead atoms. The van der Waals surface area contributed by atoms with Gasteiger partial charge in [0, 0.05) is 30.8 Å². The van der Waals surface area contributed by atoms with Gasteiger partial charge in [-0.25, -0.2) is 35.9 Å². The minimum Gasteiger partial charge on any atom is -0.298 e. The van der Waals surface area contributed by atoms with E-state index in [0.717, 1.165) is 48.8 Å². The number of halogens is 7. The van der Waals surface area contributed by atoms with Crippen molar-refractivity contribution in [2.45, 2.75) is 55.5 Å². The molecule has 208 valence electrons. The summed E-state index contributed by atoms with van der Waals surface area (Å²) in [5.74, 6) is -5.52. The Kier molecular flexibility index (Phi) is 7.81. The van der Waals surface area contributed by atoms with Crippen LogP contribution in [0.2, 0.25) is 0 Å². The first-order chi connectivity index (χ1) is 18.2. The van der Waals surface area contributed by atoms with Crippen LogP contribution in [0.3, 0.4) is 0 Å². The molecule has 1 aliphatic rings. The molecule has 0 aliphatic carbocycles. The van der Waals surface area contributed by atoms with Gasteiger partial charge < -0.3 is 0 Å². The molecule has 0 N–H and O–H groups in total. The third kappa shape index (κ3) is 5.81. The Morgan fingerprint density at radius 3 is 2.23 bits per heavy atom. The highest BCUT2D eigenvalue weighted by atomic mass is 32.2. The first-order valence-corrected chi connectivity index (χ1v) is 13.0. The summed E-state index contributed by atoms with van der Waals surface area (Å²) in [7, 11) is -4.41. The van der Waals surface area contributed by atoms with E-state index < -0.39 is 82.8 Å². The van der Waals surface area contributed by atoms with E-state index in [9.17, 15) is 43.9 Å². The van der Waals surface area contributed by atoms with Crippen LogP contribution in [0.25, 0.3) is 11.1 Å². The van der Waals surface area contributed by atoms with Crippen molar-refractivity contribution >= 4 is 15.8 Å². The first-order valence-electron chi connectivity index (χ1n) is 11.5. The second-order valence-electron chi connectivity index (χ2n) is 8.99. The molecule has 39 heavy (non-hydrogen) atoms. The average Bonchev–Trinajstić information content (AvgIpc) is 3.19. The zero-order valence-electron chi connectivity index (χ0n) is 20.1. The number of rotatable bonds is 7. The fourth-order valence-corrected chi connectivity index (χ4v) is 6.22. The van der Waals surface area contributed by atoms with Gasteiger partial charge in [0.2, 0.25) is 15.8 Å². The molecule has 0 saturated carbocycles. The minimum atomic E-state index is -4.80. The number of benzene rings is 2. The molecule has 2 heterocycles. The van der Waals surface area contributed by atoms with Crippen LogP contribution in [0.15, 0.2) is 53.7 Å². The molecular weight excluding hydrogens is 555 g/mol. The average molecular weight is 576 g/mol. The van der Waals surface area contributed by atoms with Gasteiger partial charge in [-0.3, -0.25) is 4.79 Å². The van der Waals surface area contributed by atoms with E-state index in [1.807, 2.05) is 0 Å². The largest absolute Gasteiger partial charge is 0.451 e. The van der Waals surface area contributed by atoms with Crippen LogP contribution in [-0.4, -0.2) is 46.7 Å². The molecule has 1 saturated heterocycles. The molecule has 0 spiro atoms. The van der Waals surface area contributed by atoms with Crippen LogP contribution < -0.4 is 0 Å². The fourth-order valence-electron chi connectivity index (χ4n) is 4.39. The maximum absolute atomic E-state index is 14.6. The molecule has 14 heteroatoms. The van der Waals surface area contributed by atoms with Crippen LogP contribution in [-0.2, 0) is 27.4 Å². The van der Waals surface area contributed by atoms with E-state index in [2.05, 4.69) is 9.97 Å². The number of carbonyl (C=O) groups excluding carboxylic acids is 1. The van der Waals surface area contributed by atoms with Crippen molar-refractivity contribution in [2.24, 2.45) is 0 Å². The van der Waals surface area contributed by atoms with E-state index in [1.54, 1.807) is 0 Å². The SMILES string of the molecule is C[C@H]1[C@H](F)C[C@@H](C(=O)CCc2cc(-c3cnc(C(F)(F)F)nc3)cc(F)c2F)N1S(=O)(=O)c1ccc(F)cc1. The predicted molar refractivity (Wildman–Crippen MR) is 124 cm³/mol. The molecule has 0 amide bonds. The number of aromatic nitrogens is 2. The molecule has 2 aromatic carbocycles. The van der Waals surface area contributed by atoms with Crippen LogP contribution in [0.1, 0.15) is 31.2 Å². The first kappa shape index (κ1) is 28.6. The van der Waals surface area contributed by atoms with Crippen molar-refractivity contribution < 1.29 is 43.9 Å². The Bertz CT molecular complexity index is 1480. The molecular formula is C25H20F7N3O3S. The van der Waals surface area contributed by atoms with Crippen molar-refractivity contribution in [1.29, 1.82) is 0 Å². The maximum Gasteiger partial charge on any atom is 0.451 e. The quantitative estimate of drug-likeness (QED) is 0.359. The number of sulfonamides is 1. The summed E-state index contributed by atoms with van der Waals surface area (Å²) in [5.41, 5.74) is -0.408.